The van der Waals surface area contributed by atoms with Crippen LogP contribution in [0.25, 0.3) is 0 Å². The first kappa shape index (κ1) is 21.6. The van der Waals surface area contributed by atoms with Crippen molar-refractivity contribution in [1.29, 1.82) is 0 Å². The number of carbonyl (C=O) groups excluding carboxylic acids is 2. The molecule has 7 nitrogen and oxygen atoms in total. The van der Waals surface area contributed by atoms with Crippen LogP contribution in [0.5, 0.6) is 17.2 Å². The molecule has 1 heterocycles. The Morgan fingerprint density at radius 2 is 1.60 bits per heavy atom. The summed E-state index contributed by atoms with van der Waals surface area (Å²) in [5, 5.41) is 0. The van der Waals surface area contributed by atoms with Gasteiger partial charge in [0, 0.05) is 13.1 Å². The zero-order valence-corrected chi connectivity index (χ0v) is 17.9. The molecule has 2 aromatic rings. The maximum absolute atomic E-state index is 12.9. The molecule has 7 heteroatoms. The number of amides is 2. The zero-order valence-electron chi connectivity index (χ0n) is 17.9. The van der Waals surface area contributed by atoms with Crippen molar-refractivity contribution >= 4 is 11.8 Å². The molecule has 0 radical (unpaired) electrons. The summed E-state index contributed by atoms with van der Waals surface area (Å²) in [6.45, 7) is 0.928. The van der Waals surface area contributed by atoms with Crippen LogP contribution in [-0.4, -0.2) is 62.6 Å². The molecule has 3 rings (SSSR count). The van der Waals surface area contributed by atoms with Gasteiger partial charge in [-0.15, -0.1) is 0 Å². The molecule has 2 amide bonds. The molecule has 0 unspecified atom stereocenters. The predicted molar refractivity (Wildman–Crippen MR) is 113 cm³/mol. The topological polar surface area (TPSA) is 68.3 Å². The fourth-order valence-electron chi connectivity index (χ4n) is 3.65. The maximum Gasteiger partial charge on any atom is 0.247 e. The van der Waals surface area contributed by atoms with Gasteiger partial charge in [0.2, 0.25) is 11.8 Å². The summed E-state index contributed by atoms with van der Waals surface area (Å²) in [6.07, 6.45) is 0.768. The van der Waals surface area contributed by atoms with Crippen molar-refractivity contribution in [1.82, 2.24) is 9.80 Å². The average Bonchev–Trinajstić information content (AvgIpc) is 3.06. The van der Waals surface area contributed by atoms with Crippen LogP contribution in [-0.2, 0) is 22.6 Å². The summed E-state index contributed by atoms with van der Waals surface area (Å²) in [5.74, 6) is 1.79. The van der Waals surface area contributed by atoms with Gasteiger partial charge in [-0.3, -0.25) is 19.4 Å². The highest BCUT2D eigenvalue weighted by Gasteiger charge is 2.40. The molecular formula is C23H28N2O5. The predicted octanol–water partition coefficient (Wildman–Crippen LogP) is 2.51. The second-order valence-corrected chi connectivity index (χ2v) is 7.31. The first-order chi connectivity index (χ1) is 14.5. The molecule has 0 aliphatic carbocycles. The van der Waals surface area contributed by atoms with Crippen molar-refractivity contribution in [2.75, 3.05) is 34.9 Å². The lowest BCUT2D eigenvalue weighted by atomic mass is 10.1. The fourth-order valence-corrected chi connectivity index (χ4v) is 3.65. The van der Waals surface area contributed by atoms with E-state index < -0.39 is 6.04 Å². The lowest BCUT2D eigenvalue weighted by molar-refractivity contribution is -0.139. The van der Waals surface area contributed by atoms with Crippen LogP contribution < -0.4 is 14.2 Å². The Morgan fingerprint density at radius 1 is 0.933 bits per heavy atom. The van der Waals surface area contributed by atoms with Crippen LogP contribution in [0.2, 0.25) is 0 Å². The van der Waals surface area contributed by atoms with E-state index in [9.17, 15) is 9.59 Å². The van der Waals surface area contributed by atoms with E-state index in [-0.39, 0.29) is 18.2 Å². The number of ether oxygens (including phenoxy) is 3. The van der Waals surface area contributed by atoms with E-state index in [0.29, 0.717) is 31.0 Å². The highest BCUT2D eigenvalue weighted by Crippen LogP contribution is 2.28. The first-order valence-electron chi connectivity index (χ1n) is 9.85. The summed E-state index contributed by atoms with van der Waals surface area (Å²) >= 11 is 0. The molecule has 1 atom stereocenters. The number of carbonyl (C=O) groups is 2. The fraction of sp³-hybridized carbons (Fsp3) is 0.391. The van der Waals surface area contributed by atoms with Gasteiger partial charge < -0.3 is 14.2 Å². The number of nitrogens with zero attached hydrogens (tertiary/aromatic N) is 2. The number of rotatable bonds is 9. The number of likely N-dealkylation sites (tertiary alicyclic amines) is 1. The van der Waals surface area contributed by atoms with Gasteiger partial charge in [0.15, 0.2) is 11.5 Å². The summed E-state index contributed by atoms with van der Waals surface area (Å²) in [6, 6.07) is 12.9. The molecule has 0 saturated carbocycles. The lowest BCUT2D eigenvalue weighted by Gasteiger charge is -2.23. The van der Waals surface area contributed by atoms with E-state index in [2.05, 4.69) is 0 Å². The lowest BCUT2D eigenvalue weighted by Crippen LogP contribution is -2.40. The van der Waals surface area contributed by atoms with Crippen LogP contribution in [0.15, 0.2) is 42.5 Å². The molecule has 1 saturated heterocycles. The van der Waals surface area contributed by atoms with Gasteiger partial charge in [0.1, 0.15) is 5.75 Å². The summed E-state index contributed by atoms with van der Waals surface area (Å²) in [5.41, 5.74) is 2.03. The van der Waals surface area contributed by atoms with Crippen molar-refractivity contribution in [3.05, 3.63) is 53.6 Å². The molecular weight excluding hydrogens is 384 g/mol. The van der Waals surface area contributed by atoms with Gasteiger partial charge in [-0.2, -0.15) is 0 Å². The van der Waals surface area contributed by atoms with Crippen molar-refractivity contribution in [2.45, 2.75) is 25.4 Å². The zero-order chi connectivity index (χ0) is 21.7. The summed E-state index contributed by atoms with van der Waals surface area (Å²) in [4.78, 5) is 28.7. The molecule has 160 valence electrons. The van der Waals surface area contributed by atoms with Gasteiger partial charge in [0.05, 0.1) is 33.8 Å². The Bertz CT molecular complexity index is 897. The monoisotopic (exact) mass is 412 g/mol. The van der Waals surface area contributed by atoms with Crippen molar-refractivity contribution in [2.24, 2.45) is 0 Å². The standard InChI is InChI=1S/C23H28N2O5/c1-24(15-17-5-8-18(28-2)9-6-17)19-14-22(26)25(23(19)27)12-11-16-7-10-20(29-3)21(13-16)30-4/h5-10,13,19H,11-12,14-15H2,1-4H3/t19-/m1/s1. The highest BCUT2D eigenvalue weighted by molar-refractivity contribution is 6.05. The number of hydrogen-bond acceptors (Lipinski definition) is 6. The molecule has 1 aliphatic rings. The number of imide groups is 1. The summed E-state index contributed by atoms with van der Waals surface area (Å²) in [7, 11) is 6.67. The van der Waals surface area contributed by atoms with E-state index in [1.807, 2.05) is 54.4 Å². The second kappa shape index (κ2) is 9.63. The maximum atomic E-state index is 12.9. The second-order valence-electron chi connectivity index (χ2n) is 7.31. The van der Waals surface area contributed by atoms with E-state index in [0.717, 1.165) is 16.9 Å². The minimum atomic E-state index is -0.440. The quantitative estimate of drug-likeness (QED) is 0.590. The van der Waals surface area contributed by atoms with Gasteiger partial charge in [-0.25, -0.2) is 0 Å². The first-order valence-corrected chi connectivity index (χ1v) is 9.85. The summed E-state index contributed by atoms with van der Waals surface area (Å²) < 4.78 is 15.7. The van der Waals surface area contributed by atoms with Gasteiger partial charge >= 0.3 is 0 Å². The molecule has 0 bridgehead atoms. The van der Waals surface area contributed by atoms with Crippen molar-refractivity contribution in [3.8, 4) is 17.2 Å². The Kier molecular flexibility index (Phi) is 6.95. The van der Waals surface area contributed by atoms with Gasteiger partial charge in [-0.1, -0.05) is 18.2 Å². The Morgan fingerprint density at radius 3 is 2.23 bits per heavy atom. The van der Waals surface area contributed by atoms with Crippen LogP contribution in [0.4, 0.5) is 0 Å². The third-order valence-electron chi connectivity index (χ3n) is 5.42. The Labute approximate surface area is 177 Å². The molecule has 0 N–H and O–H groups in total. The Hall–Kier alpha value is -3.06. The van der Waals surface area contributed by atoms with E-state index in [1.54, 1.807) is 21.3 Å². The number of methoxy groups -OCH3 is 3. The van der Waals surface area contributed by atoms with Crippen LogP contribution in [0, 0.1) is 0 Å². The molecule has 30 heavy (non-hydrogen) atoms. The minimum Gasteiger partial charge on any atom is -0.497 e. The van der Waals surface area contributed by atoms with Crippen molar-refractivity contribution in [3.63, 3.8) is 0 Å². The third-order valence-corrected chi connectivity index (χ3v) is 5.42. The molecule has 1 aliphatic heterocycles. The largest absolute Gasteiger partial charge is 0.497 e. The molecule has 0 spiro atoms. The minimum absolute atomic E-state index is 0.132. The van der Waals surface area contributed by atoms with Gasteiger partial charge in [-0.05, 0) is 48.9 Å². The average molecular weight is 412 g/mol. The number of hydrogen-bond donors (Lipinski definition) is 0. The normalized spacial score (nSPS) is 16.3. The highest BCUT2D eigenvalue weighted by atomic mass is 16.5. The number of likely N-dealkylation sites (N-methyl/N-ethyl adjacent to an activating group) is 1. The van der Waals surface area contributed by atoms with E-state index in [4.69, 9.17) is 14.2 Å². The Balaban J connectivity index is 1.61. The molecule has 1 fully saturated rings. The third kappa shape index (κ3) is 4.74. The van der Waals surface area contributed by atoms with E-state index >= 15 is 0 Å². The number of benzene rings is 2. The van der Waals surface area contributed by atoms with Crippen LogP contribution in [0.3, 0.4) is 0 Å². The van der Waals surface area contributed by atoms with E-state index in [1.165, 1.54) is 4.90 Å². The molecule has 2 aromatic carbocycles. The SMILES string of the molecule is COc1ccc(CN(C)[C@@H]2CC(=O)N(CCc3ccc(OC)c(OC)c3)C2=O)cc1. The molecule has 0 aromatic heterocycles. The van der Waals surface area contributed by atoms with Crippen LogP contribution >= 0.6 is 0 Å². The smallest absolute Gasteiger partial charge is 0.247 e. The van der Waals surface area contributed by atoms with Crippen LogP contribution in [0.1, 0.15) is 17.5 Å². The van der Waals surface area contributed by atoms with Gasteiger partial charge in [0.25, 0.3) is 0 Å². The van der Waals surface area contributed by atoms with Crippen molar-refractivity contribution < 1.29 is 23.8 Å².